The summed E-state index contributed by atoms with van der Waals surface area (Å²) in [5.41, 5.74) is 5.55. The lowest BCUT2D eigenvalue weighted by molar-refractivity contribution is -0.389. The minimum absolute atomic E-state index is 0.218. The number of allylic oxidation sites excluding steroid dienone is 6. The van der Waals surface area contributed by atoms with Crippen LogP contribution in [0.3, 0.4) is 0 Å². The van der Waals surface area contributed by atoms with Crippen LogP contribution in [0.2, 0.25) is 0 Å². The van der Waals surface area contributed by atoms with Gasteiger partial charge in [0.2, 0.25) is 0 Å². The summed E-state index contributed by atoms with van der Waals surface area (Å²) in [5.74, 6) is -0.218. The molecule has 0 amide bonds. The van der Waals surface area contributed by atoms with E-state index in [1.807, 2.05) is 42.7 Å². The molecule has 7 rings (SSSR count). The van der Waals surface area contributed by atoms with E-state index >= 15 is 0 Å². The summed E-state index contributed by atoms with van der Waals surface area (Å²) in [5, 5.41) is 13.4. The molecule has 2 aromatic carbocycles. The van der Waals surface area contributed by atoms with Gasteiger partial charge < -0.3 is 14.7 Å². The fourth-order valence-electron chi connectivity index (χ4n) is 6.05. The molecule has 7 nitrogen and oxygen atoms in total. The van der Waals surface area contributed by atoms with Crippen LogP contribution in [0.4, 0.5) is 5.82 Å². The molecule has 0 unspecified atom stereocenters. The van der Waals surface area contributed by atoms with E-state index in [0.717, 1.165) is 39.5 Å². The van der Waals surface area contributed by atoms with Crippen LogP contribution in [0.25, 0.3) is 33.2 Å². The second kappa shape index (κ2) is 10.4. The van der Waals surface area contributed by atoms with Gasteiger partial charge in [-0.15, -0.1) is 0 Å². The van der Waals surface area contributed by atoms with E-state index in [4.69, 9.17) is 4.98 Å². The van der Waals surface area contributed by atoms with Crippen LogP contribution in [0, 0.1) is 10.1 Å². The molecule has 0 aliphatic heterocycles. The lowest BCUT2D eigenvalue weighted by Crippen LogP contribution is -2.38. The number of pyridine rings is 3. The molecular weight excluding hydrogens is 522 g/mol. The average Bonchev–Trinajstić information content (AvgIpc) is 3.17. The first-order valence-corrected chi connectivity index (χ1v) is 13.7. The average molecular weight is 548 g/mol. The summed E-state index contributed by atoms with van der Waals surface area (Å²) < 4.78 is 2.32. The zero-order chi connectivity index (χ0) is 28.5. The number of rotatable bonds is 6. The molecule has 0 N–H and O–H groups in total. The molecule has 4 heterocycles. The number of benzene rings is 2. The lowest BCUT2D eigenvalue weighted by atomic mass is 9.74. The first kappa shape index (κ1) is 25.3. The number of nitrogens with zero attached hydrogens (tertiary/aromatic N) is 5. The molecule has 0 saturated heterocycles. The minimum Gasteiger partial charge on any atom is -0.358 e. The number of hydrogen-bond acceptors (Lipinski definition) is 5. The van der Waals surface area contributed by atoms with E-state index < -0.39 is 10.5 Å². The van der Waals surface area contributed by atoms with Crippen molar-refractivity contribution < 1.29 is 4.92 Å². The van der Waals surface area contributed by atoms with Gasteiger partial charge in [0, 0.05) is 34.8 Å². The summed E-state index contributed by atoms with van der Waals surface area (Å²) in [6.45, 7) is 0. The van der Waals surface area contributed by atoms with Gasteiger partial charge in [-0.2, -0.15) is 0 Å². The second-order valence-electron chi connectivity index (χ2n) is 10.1. The third-order valence-electron chi connectivity index (χ3n) is 7.82. The van der Waals surface area contributed by atoms with Crippen molar-refractivity contribution in [1.29, 1.82) is 0 Å². The second-order valence-corrected chi connectivity index (χ2v) is 10.1. The van der Waals surface area contributed by atoms with Gasteiger partial charge in [0.15, 0.2) is 0 Å². The predicted molar refractivity (Wildman–Crippen MR) is 165 cm³/mol. The van der Waals surface area contributed by atoms with Crippen molar-refractivity contribution in [2.75, 3.05) is 0 Å². The maximum atomic E-state index is 11.5. The normalized spacial score (nSPS) is 13.3. The van der Waals surface area contributed by atoms with Gasteiger partial charge in [0.1, 0.15) is 17.4 Å². The Balaban J connectivity index is 1.65. The highest BCUT2D eigenvalue weighted by molar-refractivity contribution is 6.07. The highest BCUT2D eigenvalue weighted by Crippen LogP contribution is 2.47. The number of hydrogen-bond donors (Lipinski definition) is 0. The van der Waals surface area contributed by atoms with Crippen molar-refractivity contribution in [1.82, 2.24) is 19.5 Å². The van der Waals surface area contributed by atoms with E-state index in [1.54, 1.807) is 6.07 Å². The SMILES string of the molecule is O=[N+]([O-])c1cc(-c2ccc3c4cnccc4n(C(C4=CC=CC=CC4)(c4ccccc4)c4ccccc4)c3n2)ccn1. The van der Waals surface area contributed by atoms with E-state index in [2.05, 4.69) is 93.4 Å². The maximum absolute atomic E-state index is 11.5. The van der Waals surface area contributed by atoms with E-state index in [1.165, 1.54) is 17.8 Å². The van der Waals surface area contributed by atoms with Crippen LogP contribution in [0.1, 0.15) is 17.5 Å². The number of nitro groups is 1. The zero-order valence-corrected chi connectivity index (χ0v) is 22.5. The first-order chi connectivity index (χ1) is 20.7. The third kappa shape index (κ3) is 4.02. The topological polar surface area (TPSA) is 86.7 Å². The molecule has 0 fully saturated rings. The molecule has 0 spiro atoms. The smallest absolute Gasteiger partial charge is 0.358 e. The Morgan fingerprint density at radius 1 is 0.810 bits per heavy atom. The molecule has 0 bridgehead atoms. The molecule has 0 radical (unpaired) electrons. The van der Waals surface area contributed by atoms with Gasteiger partial charge in [-0.1, -0.05) is 91.0 Å². The van der Waals surface area contributed by atoms with Gasteiger partial charge in [0.25, 0.3) is 0 Å². The monoisotopic (exact) mass is 547 g/mol. The quantitative estimate of drug-likeness (QED) is 0.157. The highest BCUT2D eigenvalue weighted by Gasteiger charge is 2.42. The van der Waals surface area contributed by atoms with Crippen molar-refractivity contribution in [2.45, 2.75) is 12.0 Å². The lowest BCUT2D eigenvalue weighted by Gasteiger charge is -2.40. The van der Waals surface area contributed by atoms with Crippen LogP contribution >= 0.6 is 0 Å². The van der Waals surface area contributed by atoms with Crippen LogP contribution in [-0.2, 0) is 5.54 Å². The predicted octanol–water partition coefficient (Wildman–Crippen LogP) is 7.79. The molecule has 0 saturated carbocycles. The Morgan fingerprint density at radius 2 is 1.57 bits per heavy atom. The standard InChI is InChI=1S/C35H25N5O2/c41-40(42)33-23-25(19-22-37-33)31-18-17-29-30-24-36-21-20-32(30)39(34(29)38-31)35(27-13-7-3-8-14-27,28-15-9-4-10-16-28)26-11-5-1-2-6-12-26/h1-11,13-24H,12H2. The van der Waals surface area contributed by atoms with Gasteiger partial charge in [0.05, 0.1) is 11.2 Å². The summed E-state index contributed by atoms with van der Waals surface area (Å²) in [6.07, 6.45) is 16.5. The molecule has 42 heavy (non-hydrogen) atoms. The van der Waals surface area contributed by atoms with E-state index in [-0.39, 0.29) is 5.82 Å². The van der Waals surface area contributed by atoms with E-state index in [9.17, 15) is 10.1 Å². The Bertz CT molecular complexity index is 2000. The van der Waals surface area contributed by atoms with Crippen molar-refractivity contribution in [2.24, 2.45) is 0 Å². The highest BCUT2D eigenvalue weighted by atomic mass is 16.6. The molecule has 4 aromatic heterocycles. The van der Waals surface area contributed by atoms with Gasteiger partial charge >= 0.3 is 5.82 Å². The van der Waals surface area contributed by atoms with Gasteiger partial charge in [-0.05, 0) is 57.3 Å². The van der Waals surface area contributed by atoms with E-state index in [0.29, 0.717) is 11.3 Å². The van der Waals surface area contributed by atoms with Crippen LogP contribution in [0.5, 0.6) is 0 Å². The number of fused-ring (bicyclic) bond motifs is 3. The van der Waals surface area contributed by atoms with Gasteiger partial charge in [-0.3, -0.25) is 4.98 Å². The van der Waals surface area contributed by atoms with Crippen LogP contribution in [0.15, 0.2) is 146 Å². The summed E-state index contributed by atoms with van der Waals surface area (Å²) in [7, 11) is 0. The Hall–Kier alpha value is -5.69. The molecule has 1 aliphatic rings. The zero-order valence-electron chi connectivity index (χ0n) is 22.5. The Labute approximate surface area is 242 Å². The molecular formula is C35H25N5O2. The maximum Gasteiger partial charge on any atom is 0.364 e. The summed E-state index contributed by atoms with van der Waals surface area (Å²) in [4.78, 5) is 24.7. The van der Waals surface area contributed by atoms with Crippen LogP contribution < -0.4 is 0 Å². The largest absolute Gasteiger partial charge is 0.364 e. The Kier molecular flexibility index (Phi) is 6.24. The van der Waals surface area contributed by atoms with Crippen LogP contribution in [-0.4, -0.2) is 24.4 Å². The van der Waals surface area contributed by atoms with Crippen molar-refractivity contribution in [3.63, 3.8) is 0 Å². The molecule has 6 aromatic rings. The van der Waals surface area contributed by atoms with Gasteiger partial charge in [-0.25, -0.2) is 4.98 Å². The molecule has 0 atom stereocenters. The fraction of sp³-hybridized carbons (Fsp3) is 0.0571. The minimum atomic E-state index is -0.779. The Morgan fingerprint density at radius 3 is 2.31 bits per heavy atom. The van der Waals surface area contributed by atoms with Crippen molar-refractivity contribution >= 4 is 27.8 Å². The fourth-order valence-corrected chi connectivity index (χ4v) is 6.05. The van der Waals surface area contributed by atoms with Crippen molar-refractivity contribution in [3.8, 4) is 11.3 Å². The third-order valence-corrected chi connectivity index (χ3v) is 7.82. The van der Waals surface area contributed by atoms with Crippen molar-refractivity contribution in [3.05, 3.63) is 167 Å². The summed E-state index contributed by atoms with van der Waals surface area (Å²) in [6, 6.07) is 30.2. The first-order valence-electron chi connectivity index (χ1n) is 13.7. The molecule has 202 valence electrons. The number of aromatic nitrogens is 4. The molecule has 7 heteroatoms. The summed E-state index contributed by atoms with van der Waals surface area (Å²) >= 11 is 0. The molecule has 1 aliphatic carbocycles.